The molecule has 1 aliphatic heterocycles. The molecule has 0 radical (unpaired) electrons. The van der Waals surface area contributed by atoms with Gasteiger partial charge in [-0.15, -0.1) is 0 Å². The monoisotopic (exact) mass is 260 g/mol. The van der Waals surface area contributed by atoms with Gasteiger partial charge in [-0.1, -0.05) is 18.2 Å². The number of likely N-dealkylation sites (tertiary alicyclic amines) is 1. The number of rotatable bonds is 1. The van der Waals surface area contributed by atoms with Crippen LogP contribution >= 0.6 is 0 Å². The summed E-state index contributed by atoms with van der Waals surface area (Å²) in [6, 6.07) is 8.90. The SMILES string of the molecule is C[C@@H]1CCC[C@H](C)N1C(=O)NC(=O)c1ccccc1. The smallest absolute Gasteiger partial charge is 0.319 e. The Morgan fingerprint density at radius 2 is 1.68 bits per heavy atom. The first-order valence-electron chi connectivity index (χ1n) is 6.78. The molecule has 0 saturated carbocycles. The van der Waals surface area contributed by atoms with E-state index in [1.54, 1.807) is 29.2 Å². The Bertz CT molecular complexity index is 448. The fourth-order valence-corrected chi connectivity index (χ4v) is 2.64. The van der Waals surface area contributed by atoms with Crippen molar-refractivity contribution >= 4 is 11.9 Å². The Labute approximate surface area is 113 Å². The van der Waals surface area contributed by atoms with Gasteiger partial charge in [-0.25, -0.2) is 4.79 Å². The molecule has 1 aromatic rings. The van der Waals surface area contributed by atoms with E-state index < -0.39 is 0 Å². The zero-order chi connectivity index (χ0) is 13.8. The van der Waals surface area contributed by atoms with Crippen LogP contribution in [0.2, 0.25) is 0 Å². The van der Waals surface area contributed by atoms with Crippen molar-refractivity contribution in [3.05, 3.63) is 35.9 Å². The van der Waals surface area contributed by atoms with Crippen molar-refractivity contribution in [2.24, 2.45) is 0 Å². The molecule has 1 heterocycles. The summed E-state index contributed by atoms with van der Waals surface area (Å²) in [5.41, 5.74) is 0.508. The number of urea groups is 1. The predicted molar refractivity (Wildman–Crippen MR) is 73.9 cm³/mol. The topological polar surface area (TPSA) is 49.4 Å². The molecule has 0 bridgehead atoms. The van der Waals surface area contributed by atoms with Crippen molar-refractivity contribution in [2.75, 3.05) is 0 Å². The maximum absolute atomic E-state index is 12.2. The van der Waals surface area contributed by atoms with E-state index in [1.165, 1.54) is 0 Å². The van der Waals surface area contributed by atoms with Gasteiger partial charge in [-0.3, -0.25) is 10.1 Å². The van der Waals surface area contributed by atoms with E-state index >= 15 is 0 Å². The second-order valence-corrected chi connectivity index (χ2v) is 5.16. The second-order valence-electron chi connectivity index (χ2n) is 5.16. The van der Waals surface area contributed by atoms with Gasteiger partial charge in [0.15, 0.2) is 0 Å². The summed E-state index contributed by atoms with van der Waals surface area (Å²) in [4.78, 5) is 25.9. The summed E-state index contributed by atoms with van der Waals surface area (Å²) in [6.07, 6.45) is 3.13. The van der Waals surface area contributed by atoms with E-state index in [2.05, 4.69) is 5.32 Å². The molecule has 4 heteroatoms. The molecule has 19 heavy (non-hydrogen) atoms. The normalized spacial score (nSPS) is 22.9. The molecule has 0 spiro atoms. The van der Waals surface area contributed by atoms with E-state index in [1.807, 2.05) is 19.9 Å². The highest BCUT2D eigenvalue weighted by atomic mass is 16.2. The van der Waals surface area contributed by atoms with Gasteiger partial charge in [0.25, 0.3) is 5.91 Å². The lowest BCUT2D eigenvalue weighted by atomic mass is 9.98. The van der Waals surface area contributed by atoms with Crippen molar-refractivity contribution in [3.63, 3.8) is 0 Å². The summed E-state index contributed by atoms with van der Waals surface area (Å²) < 4.78 is 0. The van der Waals surface area contributed by atoms with Crippen LogP contribution in [0.3, 0.4) is 0 Å². The van der Waals surface area contributed by atoms with Crippen molar-refractivity contribution in [1.29, 1.82) is 0 Å². The van der Waals surface area contributed by atoms with Crippen molar-refractivity contribution < 1.29 is 9.59 Å². The van der Waals surface area contributed by atoms with Gasteiger partial charge < -0.3 is 4.90 Å². The highest BCUT2D eigenvalue weighted by molar-refractivity contribution is 6.04. The molecule has 1 fully saturated rings. The Kier molecular flexibility index (Phi) is 4.20. The number of carbonyl (C=O) groups is 2. The van der Waals surface area contributed by atoms with Crippen molar-refractivity contribution in [3.8, 4) is 0 Å². The van der Waals surface area contributed by atoms with Crippen LogP contribution in [0.1, 0.15) is 43.5 Å². The molecule has 2 atom stereocenters. The average molecular weight is 260 g/mol. The quantitative estimate of drug-likeness (QED) is 0.844. The minimum absolute atomic E-state index is 0.187. The molecule has 2 rings (SSSR count). The molecule has 1 N–H and O–H groups in total. The number of nitrogens with zero attached hydrogens (tertiary/aromatic N) is 1. The first-order chi connectivity index (χ1) is 9.09. The van der Waals surface area contributed by atoms with Crippen LogP contribution in [0.15, 0.2) is 30.3 Å². The number of imide groups is 1. The van der Waals surface area contributed by atoms with Crippen LogP contribution in [0.4, 0.5) is 4.79 Å². The molecular weight excluding hydrogens is 240 g/mol. The predicted octanol–water partition coefficient (Wildman–Crippen LogP) is 2.80. The fraction of sp³-hybridized carbons (Fsp3) is 0.467. The molecule has 0 aromatic heterocycles. The van der Waals surface area contributed by atoms with Gasteiger partial charge in [0, 0.05) is 17.6 Å². The lowest BCUT2D eigenvalue weighted by Crippen LogP contribution is -2.53. The fourth-order valence-electron chi connectivity index (χ4n) is 2.64. The third-order valence-corrected chi connectivity index (χ3v) is 3.68. The van der Waals surface area contributed by atoms with Crippen molar-refractivity contribution in [2.45, 2.75) is 45.2 Å². The first-order valence-corrected chi connectivity index (χ1v) is 6.78. The van der Waals surface area contributed by atoms with Gasteiger partial charge >= 0.3 is 6.03 Å². The number of hydrogen-bond acceptors (Lipinski definition) is 2. The van der Waals surface area contributed by atoms with Crippen LogP contribution in [-0.4, -0.2) is 28.9 Å². The molecule has 0 aliphatic carbocycles. The molecule has 102 valence electrons. The Balaban J connectivity index is 2.02. The number of carbonyl (C=O) groups excluding carboxylic acids is 2. The molecule has 4 nitrogen and oxygen atoms in total. The summed E-state index contributed by atoms with van der Waals surface area (Å²) in [7, 11) is 0. The Morgan fingerprint density at radius 1 is 1.11 bits per heavy atom. The third kappa shape index (κ3) is 3.13. The summed E-state index contributed by atoms with van der Waals surface area (Å²) >= 11 is 0. The number of amides is 3. The van der Waals surface area contributed by atoms with Crippen LogP contribution in [0, 0.1) is 0 Å². The summed E-state index contributed by atoms with van der Waals surface area (Å²) in [6.45, 7) is 4.06. The number of benzene rings is 1. The van der Waals surface area contributed by atoms with Gasteiger partial charge in [0.05, 0.1) is 0 Å². The average Bonchev–Trinajstić information content (AvgIpc) is 2.39. The summed E-state index contributed by atoms with van der Waals surface area (Å²) in [5, 5.41) is 2.47. The molecule has 1 aromatic carbocycles. The van der Waals surface area contributed by atoms with Gasteiger partial charge in [-0.2, -0.15) is 0 Å². The minimum Gasteiger partial charge on any atom is -0.319 e. The number of nitrogens with one attached hydrogen (secondary N) is 1. The maximum atomic E-state index is 12.2. The molecule has 1 aliphatic rings. The van der Waals surface area contributed by atoms with E-state index in [9.17, 15) is 9.59 Å². The highest BCUT2D eigenvalue weighted by Crippen LogP contribution is 2.22. The van der Waals surface area contributed by atoms with Gasteiger partial charge in [0.2, 0.25) is 0 Å². The Morgan fingerprint density at radius 3 is 2.26 bits per heavy atom. The van der Waals surface area contributed by atoms with Crippen LogP contribution < -0.4 is 5.32 Å². The van der Waals surface area contributed by atoms with E-state index in [0.29, 0.717) is 5.56 Å². The van der Waals surface area contributed by atoms with Crippen LogP contribution in [0.25, 0.3) is 0 Å². The van der Waals surface area contributed by atoms with E-state index in [4.69, 9.17) is 0 Å². The van der Waals surface area contributed by atoms with Crippen LogP contribution in [-0.2, 0) is 0 Å². The lowest BCUT2D eigenvalue weighted by molar-refractivity contribution is 0.0908. The maximum Gasteiger partial charge on any atom is 0.324 e. The molecular formula is C15H20N2O2. The highest BCUT2D eigenvalue weighted by Gasteiger charge is 2.29. The summed E-state index contributed by atoms with van der Waals surface area (Å²) in [5.74, 6) is -0.337. The van der Waals surface area contributed by atoms with Gasteiger partial charge in [0.1, 0.15) is 0 Å². The van der Waals surface area contributed by atoms with E-state index in [0.717, 1.165) is 19.3 Å². The molecule has 1 saturated heterocycles. The number of hydrogen-bond donors (Lipinski definition) is 1. The van der Waals surface area contributed by atoms with Gasteiger partial charge in [-0.05, 0) is 45.2 Å². The van der Waals surface area contributed by atoms with Crippen molar-refractivity contribution in [1.82, 2.24) is 10.2 Å². The zero-order valence-corrected chi connectivity index (χ0v) is 11.4. The standard InChI is InChI=1S/C15H20N2O2/c1-11-7-6-8-12(2)17(11)15(19)16-14(18)13-9-4-3-5-10-13/h3-5,9-12H,6-8H2,1-2H3,(H,16,18,19)/t11-,12+. The second kappa shape index (κ2) is 5.87. The molecule has 0 unspecified atom stereocenters. The molecule has 3 amide bonds. The number of piperidine rings is 1. The van der Waals surface area contributed by atoms with E-state index in [-0.39, 0.29) is 24.0 Å². The third-order valence-electron chi connectivity index (χ3n) is 3.68. The minimum atomic E-state index is -0.337. The lowest BCUT2D eigenvalue weighted by Gasteiger charge is -2.38. The largest absolute Gasteiger partial charge is 0.324 e. The van der Waals surface area contributed by atoms with Crippen LogP contribution in [0.5, 0.6) is 0 Å². The Hall–Kier alpha value is -1.84. The zero-order valence-electron chi connectivity index (χ0n) is 11.4. The first kappa shape index (κ1) is 13.6.